The number of nitrogens with zero attached hydrogens (tertiary/aromatic N) is 4. The van der Waals surface area contributed by atoms with Crippen molar-refractivity contribution in [2.45, 2.75) is 38.9 Å². The highest BCUT2D eigenvalue weighted by atomic mass is 35.5. The number of amides is 1. The van der Waals surface area contributed by atoms with Crippen LogP contribution < -0.4 is 30.3 Å². The minimum Gasteiger partial charge on any atom is -0.473 e. The van der Waals surface area contributed by atoms with Gasteiger partial charge in [-0.1, -0.05) is 78.3 Å². The number of piperidine rings is 2. The molecule has 49 heavy (non-hydrogen) atoms. The third-order valence-corrected chi connectivity index (χ3v) is 9.74. The number of anilines is 5. The second kappa shape index (κ2) is 14.5. The number of aromatic nitrogens is 2. The zero-order valence-corrected chi connectivity index (χ0v) is 28.0. The number of carbonyl (C=O) groups excluding carboxylic acids is 1. The Bertz CT molecular complexity index is 1880. The number of hydrogen-bond acceptors (Lipinski definition) is 8. The second-order valence-electron chi connectivity index (χ2n) is 12.7. The maximum Gasteiger partial charge on any atom is 0.241 e. The molecular formula is C39H39ClN6O3. The summed E-state index contributed by atoms with van der Waals surface area (Å²) in [6.45, 7) is 3.08. The molecule has 1 spiro atoms. The van der Waals surface area contributed by atoms with Gasteiger partial charge < -0.3 is 30.3 Å². The highest BCUT2D eigenvalue weighted by Gasteiger charge is 2.42. The third kappa shape index (κ3) is 7.57. The molecule has 0 unspecified atom stereocenters. The van der Waals surface area contributed by atoms with Crippen LogP contribution in [0.3, 0.4) is 0 Å². The van der Waals surface area contributed by atoms with Crippen LogP contribution in [0.25, 0.3) is 0 Å². The van der Waals surface area contributed by atoms with Gasteiger partial charge in [0.25, 0.3) is 0 Å². The molecule has 3 N–H and O–H groups in total. The zero-order chi connectivity index (χ0) is 33.6. The lowest BCUT2D eigenvalue weighted by Gasteiger charge is -2.47. The largest absolute Gasteiger partial charge is 0.473 e. The van der Waals surface area contributed by atoms with Crippen LogP contribution in [0.4, 0.5) is 28.4 Å². The number of para-hydroxylation sites is 1. The lowest BCUT2D eigenvalue weighted by atomic mass is 9.71. The Morgan fingerprint density at radius 1 is 0.776 bits per heavy atom. The predicted molar refractivity (Wildman–Crippen MR) is 195 cm³/mol. The molecule has 2 aliphatic heterocycles. The predicted octanol–water partition coefficient (Wildman–Crippen LogP) is 8.03. The van der Waals surface area contributed by atoms with Crippen LogP contribution in [0.1, 0.15) is 36.8 Å². The molecule has 0 aliphatic carbocycles. The fourth-order valence-corrected chi connectivity index (χ4v) is 6.79. The van der Waals surface area contributed by atoms with Gasteiger partial charge in [0.15, 0.2) is 0 Å². The van der Waals surface area contributed by atoms with Crippen molar-refractivity contribution >= 4 is 45.9 Å². The zero-order valence-electron chi connectivity index (χ0n) is 27.2. The van der Waals surface area contributed by atoms with Crippen LogP contribution >= 0.6 is 11.6 Å². The Balaban J connectivity index is 1.04. The highest BCUT2D eigenvalue weighted by molar-refractivity contribution is 6.29. The quantitative estimate of drug-likeness (QED) is 0.113. The molecule has 0 saturated carbocycles. The van der Waals surface area contributed by atoms with Crippen molar-refractivity contribution in [2.24, 2.45) is 5.41 Å². The summed E-state index contributed by atoms with van der Waals surface area (Å²) in [5.41, 5.74) is 12.8. The Labute approximate surface area is 291 Å². The molecule has 9 nitrogen and oxygen atoms in total. The van der Waals surface area contributed by atoms with Crippen molar-refractivity contribution in [3.05, 3.63) is 126 Å². The molecule has 250 valence electrons. The number of nitrogens with two attached hydrogens (primary N) is 1. The van der Waals surface area contributed by atoms with Gasteiger partial charge in [0.2, 0.25) is 17.7 Å². The van der Waals surface area contributed by atoms with Gasteiger partial charge in [-0.25, -0.2) is 4.98 Å². The number of benzene rings is 3. The molecule has 0 atom stereocenters. The molecule has 5 aromatic rings. The molecular weight excluding hydrogens is 636 g/mol. The molecule has 3 aromatic carbocycles. The summed E-state index contributed by atoms with van der Waals surface area (Å²) in [5.74, 6) is 1.03. The fraction of sp³-hybridized carbons (Fsp3) is 0.256. The number of nitrogens with one attached hydrogen (secondary N) is 1. The van der Waals surface area contributed by atoms with Crippen molar-refractivity contribution in [3.63, 3.8) is 0 Å². The van der Waals surface area contributed by atoms with Crippen LogP contribution in [-0.4, -0.2) is 35.5 Å². The second-order valence-corrected chi connectivity index (χ2v) is 13.1. The first kappa shape index (κ1) is 32.3. The van der Waals surface area contributed by atoms with Crippen LogP contribution in [0.5, 0.6) is 11.8 Å². The Kier molecular flexibility index (Phi) is 9.52. The number of hydrogen-bond donors (Lipinski definition) is 2. The molecule has 2 aromatic heterocycles. The van der Waals surface area contributed by atoms with Crippen LogP contribution in [0.15, 0.2) is 109 Å². The summed E-state index contributed by atoms with van der Waals surface area (Å²) in [7, 11) is 0. The van der Waals surface area contributed by atoms with E-state index in [1.54, 1.807) is 12.3 Å². The van der Waals surface area contributed by atoms with Gasteiger partial charge in [-0.2, -0.15) is 4.98 Å². The smallest absolute Gasteiger partial charge is 0.241 e. The molecule has 2 saturated heterocycles. The summed E-state index contributed by atoms with van der Waals surface area (Å²) >= 11 is 5.96. The highest BCUT2D eigenvalue weighted by Crippen LogP contribution is 2.45. The van der Waals surface area contributed by atoms with Crippen molar-refractivity contribution in [1.82, 2.24) is 9.97 Å². The maximum atomic E-state index is 13.3. The van der Waals surface area contributed by atoms with E-state index in [9.17, 15) is 4.79 Å². The van der Waals surface area contributed by atoms with Crippen LogP contribution in [0.2, 0.25) is 5.15 Å². The first-order valence-electron chi connectivity index (χ1n) is 16.6. The van der Waals surface area contributed by atoms with Gasteiger partial charge in [-0.3, -0.25) is 4.79 Å². The van der Waals surface area contributed by atoms with Crippen LogP contribution in [-0.2, 0) is 18.0 Å². The monoisotopic (exact) mass is 674 g/mol. The average molecular weight is 675 g/mol. The molecule has 0 radical (unpaired) electrons. The number of ether oxygens (including phenoxy) is 2. The molecule has 4 heterocycles. The molecule has 2 fully saturated rings. The SMILES string of the molecule is Nc1c(Nc2ccc(OCc3ccccc3)nc2OCc2ccccc2)cccc1N1CCC2(CC1)CCN(c1ccc(Cl)nc1)C(=O)C2. The molecule has 10 heteroatoms. The van der Waals surface area contributed by atoms with Gasteiger partial charge in [0.05, 0.1) is 28.9 Å². The van der Waals surface area contributed by atoms with Gasteiger partial charge in [-0.15, -0.1) is 0 Å². The van der Waals surface area contributed by atoms with E-state index in [1.807, 2.05) is 95.9 Å². The molecule has 0 bridgehead atoms. The minimum atomic E-state index is -0.00441. The van der Waals surface area contributed by atoms with E-state index >= 15 is 0 Å². The van der Waals surface area contributed by atoms with Gasteiger partial charge in [0, 0.05) is 32.1 Å². The van der Waals surface area contributed by atoms with E-state index in [2.05, 4.69) is 21.3 Å². The van der Waals surface area contributed by atoms with E-state index in [0.717, 1.165) is 60.5 Å². The molecule has 1 amide bonds. The van der Waals surface area contributed by atoms with Gasteiger partial charge in [-0.05, 0) is 66.1 Å². The van der Waals surface area contributed by atoms with Gasteiger partial charge in [0.1, 0.15) is 24.1 Å². The average Bonchev–Trinajstić information content (AvgIpc) is 3.13. The van der Waals surface area contributed by atoms with E-state index in [0.29, 0.717) is 54.5 Å². The van der Waals surface area contributed by atoms with E-state index < -0.39 is 0 Å². The van der Waals surface area contributed by atoms with Crippen LogP contribution in [0, 0.1) is 5.41 Å². The topological polar surface area (TPSA) is 106 Å². The summed E-state index contributed by atoms with van der Waals surface area (Å²) < 4.78 is 12.3. The van der Waals surface area contributed by atoms with E-state index in [1.165, 1.54) is 0 Å². The lowest BCUT2D eigenvalue weighted by molar-refractivity contribution is -0.123. The number of pyridine rings is 2. The van der Waals surface area contributed by atoms with E-state index in [-0.39, 0.29) is 11.3 Å². The summed E-state index contributed by atoms with van der Waals surface area (Å²) in [4.78, 5) is 26.3. The molecule has 2 aliphatic rings. The van der Waals surface area contributed by atoms with Crippen molar-refractivity contribution < 1.29 is 14.3 Å². The normalized spacial score (nSPS) is 15.7. The van der Waals surface area contributed by atoms with Crippen molar-refractivity contribution in [3.8, 4) is 11.8 Å². The molecule has 7 rings (SSSR count). The number of rotatable bonds is 10. The Morgan fingerprint density at radius 3 is 2.14 bits per heavy atom. The standard InChI is InChI=1S/C39H39ClN6O3/c40-34-16-14-30(25-42-34)46-23-20-39(24-36(46)47)18-21-45(22-19-39)33-13-7-12-31(37(33)41)43-32-15-17-35(48-26-28-8-3-1-4-9-28)44-38(32)49-27-29-10-5-2-6-11-29/h1-17,25,43H,18-24,26-27,41H2. The third-order valence-electron chi connectivity index (χ3n) is 9.52. The summed E-state index contributed by atoms with van der Waals surface area (Å²) in [5, 5.41) is 3.91. The lowest BCUT2D eigenvalue weighted by Crippen LogP contribution is -2.49. The van der Waals surface area contributed by atoms with E-state index in [4.69, 9.17) is 31.8 Å². The summed E-state index contributed by atoms with van der Waals surface area (Å²) in [6, 6.07) is 33.3. The van der Waals surface area contributed by atoms with Crippen molar-refractivity contribution in [2.75, 3.05) is 40.5 Å². The number of nitrogen functional groups attached to an aromatic ring is 1. The minimum absolute atomic E-state index is 0.00441. The first-order chi connectivity index (χ1) is 23.9. The fourth-order valence-electron chi connectivity index (χ4n) is 6.68. The Morgan fingerprint density at radius 2 is 1.47 bits per heavy atom. The van der Waals surface area contributed by atoms with Gasteiger partial charge >= 0.3 is 0 Å². The summed E-state index contributed by atoms with van der Waals surface area (Å²) in [6.07, 6.45) is 5.01. The number of halogens is 1. The first-order valence-corrected chi connectivity index (χ1v) is 17.0. The maximum absolute atomic E-state index is 13.3. The number of carbonyl (C=O) groups is 1. The Hall–Kier alpha value is -5.28. The van der Waals surface area contributed by atoms with Crippen molar-refractivity contribution in [1.29, 1.82) is 0 Å².